The van der Waals surface area contributed by atoms with Gasteiger partial charge in [-0.3, -0.25) is 14.9 Å². The molecule has 2 rings (SSSR count). The highest BCUT2D eigenvalue weighted by atomic mass is 35.5. The number of carbonyl (C=O) groups excluding carboxylic acids is 1. The fourth-order valence-corrected chi connectivity index (χ4v) is 2.84. The van der Waals surface area contributed by atoms with Crippen LogP contribution in [0, 0.1) is 10.1 Å². The number of benzene rings is 2. The van der Waals surface area contributed by atoms with Crippen LogP contribution in [0.15, 0.2) is 52.5 Å². The average molecular weight is 380 g/mol. The van der Waals surface area contributed by atoms with Gasteiger partial charge in [0.15, 0.2) is 0 Å². The molecular formula is C16H14ClN3O4S. The first kappa shape index (κ1) is 18.9. The van der Waals surface area contributed by atoms with Crippen molar-refractivity contribution < 1.29 is 14.8 Å². The van der Waals surface area contributed by atoms with Crippen molar-refractivity contribution in [2.24, 2.45) is 5.10 Å². The third-order valence-electron chi connectivity index (χ3n) is 3.00. The molecular weight excluding hydrogens is 366 g/mol. The number of thioether (sulfide) groups is 1. The van der Waals surface area contributed by atoms with E-state index in [-0.39, 0.29) is 12.3 Å². The molecule has 0 unspecified atom stereocenters. The van der Waals surface area contributed by atoms with Crippen LogP contribution in [-0.2, 0) is 0 Å². The number of halogens is 1. The lowest BCUT2D eigenvalue weighted by Crippen LogP contribution is -2.17. The Bertz CT molecular complexity index is 814. The van der Waals surface area contributed by atoms with Gasteiger partial charge in [-0.25, -0.2) is 5.43 Å². The van der Waals surface area contributed by atoms with Crippen LogP contribution in [0.5, 0.6) is 0 Å². The fourth-order valence-electron chi connectivity index (χ4n) is 1.89. The van der Waals surface area contributed by atoms with Crippen LogP contribution in [0.1, 0.15) is 15.9 Å². The molecule has 0 saturated carbocycles. The van der Waals surface area contributed by atoms with Gasteiger partial charge in [0, 0.05) is 28.0 Å². The summed E-state index contributed by atoms with van der Waals surface area (Å²) in [5.41, 5.74) is 3.07. The van der Waals surface area contributed by atoms with E-state index < -0.39 is 10.8 Å². The quantitative estimate of drug-likeness (QED) is 0.333. The van der Waals surface area contributed by atoms with E-state index in [1.165, 1.54) is 30.1 Å². The molecule has 2 aromatic rings. The first-order valence-electron chi connectivity index (χ1n) is 7.12. The van der Waals surface area contributed by atoms with E-state index in [9.17, 15) is 14.9 Å². The molecule has 0 radical (unpaired) electrons. The second-order valence-electron chi connectivity index (χ2n) is 4.77. The largest absolute Gasteiger partial charge is 0.396 e. The van der Waals surface area contributed by atoms with Gasteiger partial charge in [-0.1, -0.05) is 23.7 Å². The van der Waals surface area contributed by atoms with Crippen LogP contribution in [0.2, 0.25) is 5.02 Å². The summed E-state index contributed by atoms with van der Waals surface area (Å²) in [7, 11) is 0. The van der Waals surface area contributed by atoms with E-state index in [4.69, 9.17) is 16.7 Å². The van der Waals surface area contributed by atoms with Crippen molar-refractivity contribution in [1.29, 1.82) is 0 Å². The molecule has 0 aliphatic rings. The first-order chi connectivity index (χ1) is 12.0. The van der Waals surface area contributed by atoms with Gasteiger partial charge in [0.2, 0.25) is 0 Å². The molecule has 0 aliphatic carbocycles. The number of rotatable bonds is 7. The second kappa shape index (κ2) is 9.16. The third-order valence-corrected chi connectivity index (χ3v) is 4.27. The van der Waals surface area contributed by atoms with Crippen LogP contribution in [0.3, 0.4) is 0 Å². The number of nitrogens with one attached hydrogen (secondary N) is 1. The predicted octanol–water partition coefficient (Wildman–Crippen LogP) is 3.10. The summed E-state index contributed by atoms with van der Waals surface area (Å²) in [6.07, 6.45) is 1.32. The number of aliphatic hydroxyl groups excluding tert-OH is 1. The lowest BCUT2D eigenvalue weighted by atomic mass is 10.2. The Labute approximate surface area is 152 Å². The Morgan fingerprint density at radius 2 is 2.16 bits per heavy atom. The van der Waals surface area contributed by atoms with Gasteiger partial charge >= 0.3 is 0 Å². The number of amides is 1. The maximum absolute atomic E-state index is 11.9. The van der Waals surface area contributed by atoms with Gasteiger partial charge < -0.3 is 5.11 Å². The molecule has 1 amide bonds. The summed E-state index contributed by atoms with van der Waals surface area (Å²) < 4.78 is 0. The highest BCUT2D eigenvalue weighted by Crippen LogP contribution is 2.29. The molecule has 0 saturated heterocycles. The zero-order valence-electron chi connectivity index (χ0n) is 12.9. The van der Waals surface area contributed by atoms with E-state index in [1.54, 1.807) is 30.3 Å². The van der Waals surface area contributed by atoms with Gasteiger partial charge in [0.1, 0.15) is 0 Å². The SMILES string of the molecule is O=C(N/N=C\c1ccc(SCCO)c([N+](=O)[O-])c1)c1cccc(Cl)c1. The number of aliphatic hydroxyl groups is 1. The predicted molar refractivity (Wildman–Crippen MR) is 97.4 cm³/mol. The molecule has 0 aliphatic heterocycles. The molecule has 25 heavy (non-hydrogen) atoms. The van der Waals surface area contributed by atoms with Crippen molar-refractivity contribution in [3.05, 3.63) is 68.7 Å². The Morgan fingerprint density at radius 1 is 1.36 bits per heavy atom. The summed E-state index contributed by atoms with van der Waals surface area (Å²) in [5, 5.41) is 24.2. The van der Waals surface area contributed by atoms with Crippen molar-refractivity contribution >= 4 is 41.2 Å². The number of carbonyl (C=O) groups is 1. The highest BCUT2D eigenvalue weighted by molar-refractivity contribution is 7.99. The van der Waals surface area contributed by atoms with E-state index in [0.29, 0.717) is 26.8 Å². The maximum atomic E-state index is 11.9. The monoisotopic (exact) mass is 379 g/mol. The number of nitrogens with zero attached hydrogens (tertiary/aromatic N) is 2. The summed E-state index contributed by atoms with van der Waals surface area (Å²) in [4.78, 5) is 23.0. The van der Waals surface area contributed by atoms with E-state index in [2.05, 4.69) is 10.5 Å². The molecule has 0 fully saturated rings. The number of hydrogen-bond donors (Lipinski definition) is 2. The molecule has 2 N–H and O–H groups in total. The third kappa shape index (κ3) is 5.56. The topological polar surface area (TPSA) is 105 Å². The molecule has 0 atom stereocenters. The minimum atomic E-state index is -0.498. The molecule has 0 aromatic heterocycles. The number of hydrogen-bond acceptors (Lipinski definition) is 6. The smallest absolute Gasteiger partial charge is 0.283 e. The molecule has 7 nitrogen and oxygen atoms in total. The zero-order valence-corrected chi connectivity index (χ0v) is 14.5. The van der Waals surface area contributed by atoms with Crippen molar-refractivity contribution in [3.8, 4) is 0 Å². The van der Waals surface area contributed by atoms with Crippen molar-refractivity contribution in [2.75, 3.05) is 12.4 Å². The average Bonchev–Trinajstić information content (AvgIpc) is 2.60. The molecule has 0 bridgehead atoms. The normalized spacial score (nSPS) is 10.8. The Morgan fingerprint density at radius 3 is 2.84 bits per heavy atom. The number of nitro benzene ring substituents is 1. The second-order valence-corrected chi connectivity index (χ2v) is 6.34. The van der Waals surface area contributed by atoms with Crippen LogP contribution in [0.4, 0.5) is 5.69 Å². The summed E-state index contributed by atoms with van der Waals surface area (Å²) >= 11 is 7.01. The Kier molecular flexibility index (Phi) is 6.93. The van der Waals surface area contributed by atoms with Crippen molar-refractivity contribution in [3.63, 3.8) is 0 Å². The molecule has 2 aromatic carbocycles. The van der Waals surface area contributed by atoms with E-state index >= 15 is 0 Å². The lowest BCUT2D eigenvalue weighted by molar-refractivity contribution is -0.387. The van der Waals surface area contributed by atoms with E-state index in [0.717, 1.165) is 0 Å². The number of nitro groups is 1. The van der Waals surface area contributed by atoms with Crippen LogP contribution < -0.4 is 5.43 Å². The highest BCUT2D eigenvalue weighted by Gasteiger charge is 2.14. The van der Waals surface area contributed by atoms with Crippen LogP contribution in [0.25, 0.3) is 0 Å². The van der Waals surface area contributed by atoms with Crippen LogP contribution in [-0.4, -0.2) is 34.5 Å². The molecule has 0 heterocycles. The van der Waals surface area contributed by atoms with Crippen LogP contribution >= 0.6 is 23.4 Å². The maximum Gasteiger partial charge on any atom is 0.283 e. The van der Waals surface area contributed by atoms with Gasteiger partial charge in [0.25, 0.3) is 11.6 Å². The Hall–Kier alpha value is -2.42. The number of hydrazone groups is 1. The standard InChI is InChI=1S/C16H14ClN3O4S/c17-13-3-1-2-12(9-13)16(22)19-18-10-11-4-5-15(25-7-6-21)14(8-11)20(23)24/h1-5,8-10,21H,6-7H2,(H,19,22)/b18-10-. The molecule has 130 valence electrons. The molecule has 0 spiro atoms. The summed E-state index contributed by atoms with van der Waals surface area (Å²) in [6, 6.07) is 11.0. The minimum absolute atomic E-state index is 0.0689. The van der Waals surface area contributed by atoms with E-state index in [1.807, 2.05) is 0 Å². The van der Waals surface area contributed by atoms with Gasteiger partial charge in [-0.15, -0.1) is 11.8 Å². The first-order valence-corrected chi connectivity index (χ1v) is 8.48. The fraction of sp³-hybridized carbons (Fsp3) is 0.125. The minimum Gasteiger partial charge on any atom is -0.396 e. The van der Waals surface area contributed by atoms with Gasteiger partial charge in [-0.05, 0) is 24.3 Å². The summed E-state index contributed by atoms with van der Waals surface area (Å²) in [6.45, 7) is -0.0689. The molecule has 9 heteroatoms. The van der Waals surface area contributed by atoms with Gasteiger partial charge in [0.05, 0.1) is 22.6 Å². The van der Waals surface area contributed by atoms with Crippen molar-refractivity contribution in [2.45, 2.75) is 4.90 Å². The van der Waals surface area contributed by atoms with Crippen molar-refractivity contribution in [1.82, 2.24) is 5.43 Å². The summed E-state index contributed by atoms with van der Waals surface area (Å²) in [5.74, 6) is -0.0763. The zero-order chi connectivity index (χ0) is 18.2. The lowest BCUT2D eigenvalue weighted by Gasteiger charge is -2.03. The van der Waals surface area contributed by atoms with Gasteiger partial charge in [-0.2, -0.15) is 5.10 Å². The Balaban J connectivity index is 2.08.